The maximum absolute atomic E-state index is 15.0. The number of esters is 1. The summed E-state index contributed by atoms with van der Waals surface area (Å²) in [5.41, 5.74) is 10.5. The smallest absolute Gasteiger partial charge is 0.418 e. The zero-order chi connectivity index (χ0) is 97.8. The predicted octanol–water partition coefficient (Wildman–Crippen LogP) is 10.2. The van der Waals surface area contributed by atoms with E-state index >= 15 is 13.2 Å². The lowest BCUT2D eigenvalue weighted by atomic mass is 9.80. The van der Waals surface area contributed by atoms with Crippen molar-refractivity contribution in [1.29, 1.82) is 0 Å². The number of imidazole rings is 1. The van der Waals surface area contributed by atoms with E-state index < -0.39 is 119 Å². The highest BCUT2D eigenvalue weighted by Crippen LogP contribution is 2.42. The van der Waals surface area contributed by atoms with Gasteiger partial charge in [0, 0.05) is 124 Å². The topological polar surface area (TPSA) is 412 Å². The fourth-order valence-electron chi connectivity index (χ4n) is 18.4. The molecule has 3 amide bonds. The molecular weight excluding hydrogens is 1770 g/mol. The summed E-state index contributed by atoms with van der Waals surface area (Å²) < 4.78 is 119. The second kappa shape index (κ2) is 51.7. The summed E-state index contributed by atoms with van der Waals surface area (Å²) in [6.07, 6.45) is 10.9. The number of H-pyrrole nitrogens is 1. The third-order valence-corrected chi connectivity index (χ3v) is 26.5. The number of aromatic amines is 1. The summed E-state index contributed by atoms with van der Waals surface area (Å²) in [7, 11) is 5.93. The molecule has 7 N–H and O–H groups in total. The number of ether oxygens (including phenoxy) is 12. The summed E-state index contributed by atoms with van der Waals surface area (Å²) in [6.45, 7) is 16.3. The van der Waals surface area contributed by atoms with Gasteiger partial charge in [0.05, 0.1) is 165 Å². The number of hydrogen-bond donors (Lipinski definition) is 6. The van der Waals surface area contributed by atoms with Gasteiger partial charge in [-0.15, -0.1) is 0 Å². The van der Waals surface area contributed by atoms with Crippen molar-refractivity contribution in [3.05, 3.63) is 136 Å². The van der Waals surface area contributed by atoms with Crippen molar-refractivity contribution in [3.8, 4) is 22.7 Å². The number of ketones is 3. The Morgan fingerprint density at radius 3 is 2.07 bits per heavy atom. The number of nitrogens with one attached hydrogen (secondary N) is 2. The number of carbonyl (C=O) groups excluding carboxylic acids is 7. The van der Waals surface area contributed by atoms with Gasteiger partial charge in [-0.3, -0.25) is 42.8 Å². The van der Waals surface area contributed by atoms with E-state index in [1.807, 2.05) is 35.9 Å². The SMILES string of the molecule is COC(=O)N[C@H]1C[C@@H]2CC[C@@H](C)[C@@](O)(O2)C(=O)C(=O)N2CCCC[C@H]2C(=O)O[C@H]([C@H](N)C[C@@H]2CC[C@@H](OCCCCc3cn(CCOCCOCCOCCOCCOCCOCCC(=O)N4CCN(c5ccc(-n6c(=O)n(C)c7cnc8ccc(-c9ccc(OC)nc9)cc8c76)cc5C(F)(F)F)CC4)[nH]3)[C@H](OC)C2)CC(=O)[C@H](C)/C=C(\C)[C@@H](O)[C@@H](O)C(=O)[C@H](C)C[C@H](C)/C=C/C=C/C=C/1C. The van der Waals surface area contributed by atoms with Crippen LogP contribution in [-0.2, 0) is 107 Å². The van der Waals surface area contributed by atoms with Crippen LogP contribution in [0, 0.1) is 29.6 Å². The van der Waals surface area contributed by atoms with Gasteiger partial charge in [-0.2, -0.15) is 13.2 Å². The van der Waals surface area contributed by atoms with Crippen LogP contribution in [0.3, 0.4) is 0 Å². The van der Waals surface area contributed by atoms with Crippen LogP contribution in [0.15, 0.2) is 120 Å². The highest BCUT2D eigenvalue weighted by atomic mass is 19.4. The van der Waals surface area contributed by atoms with E-state index in [1.165, 1.54) is 48.5 Å². The summed E-state index contributed by atoms with van der Waals surface area (Å²) in [5.74, 6) is -9.18. The van der Waals surface area contributed by atoms with Crippen LogP contribution in [0.1, 0.15) is 149 Å². The van der Waals surface area contributed by atoms with Crippen molar-refractivity contribution in [2.75, 3.05) is 145 Å². The Balaban J connectivity index is 0.532. The first-order chi connectivity index (χ1) is 65.3. The number of allylic oxidation sites excluding steroid dienone is 6. The maximum atomic E-state index is 15.0. The van der Waals surface area contributed by atoms with Crippen molar-refractivity contribution in [1.82, 2.24) is 44.0 Å². The Kier molecular flexibility index (Phi) is 40.5. The van der Waals surface area contributed by atoms with Crippen molar-refractivity contribution in [2.45, 2.75) is 218 Å². The predicted molar refractivity (Wildman–Crippen MR) is 500 cm³/mol. The first-order valence-corrected chi connectivity index (χ1v) is 47.6. The zero-order valence-electron chi connectivity index (χ0n) is 79.9. The van der Waals surface area contributed by atoms with Gasteiger partial charge in [-0.25, -0.2) is 19.4 Å². The number of nitrogens with two attached hydrogens (primary N) is 1. The molecule has 4 aromatic heterocycles. The van der Waals surface area contributed by atoms with E-state index in [0.717, 1.165) is 47.0 Å². The average molecular weight is 1910 g/mol. The van der Waals surface area contributed by atoms with E-state index in [1.54, 1.807) is 100 Å². The lowest BCUT2D eigenvalue weighted by Gasteiger charge is -2.43. The highest BCUT2D eigenvalue weighted by Gasteiger charge is 2.54. The number of benzene rings is 2. The Labute approximate surface area is 792 Å². The van der Waals surface area contributed by atoms with Gasteiger partial charge in [-0.05, 0) is 163 Å². The van der Waals surface area contributed by atoms with Gasteiger partial charge in [0.2, 0.25) is 17.6 Å². The number of anilines is 1. The van der Waals surface area contributed by atoms with Crippen molar-refractivity contribution >= 4 is 68.9 Å². The van der Waals surface area contributed by atoms with Crippen LogP contribution in [0.2, 0.25) is 0 Å². The average Bonchev–Trinajstić information content (AvgIpc) is 1.57. The van der Waals surface area contributed by atoms with E-state index in [2.05, 4.69) is 26.6 Å². The molecule has 34 nitrogen and oxygen atoms in total. The number of fused-ring (bicyclic) bond motifs is 6. The maximum Gasteiger partial charge on any atom is 0.418 e. The van der Waals surface area contributed by atoms with E-state index in [-0.39, 0.29) is 125 Å². The number of alkyl halides is 3. The second-order valence-electron chi connectivity index (χ2n) is 36.3. The van der Waals surface area contributed by atoms with Gasteiger partial charge in [0.25, 0.3) is 11.7 Å². The van der Waals surface area contributed by atoms with Gasteiger partial charge in [-0.1, -0.05) is 75.8 Å². The molecule has 2 bridgehead atoms. The number of aliphatic hydroxyl groups is 3. The summed E-state index contributed by atoms with van der Waals surface area (Å²) in [5, 5.41) is 41.5. The number of nitrogens with zero attached hydrogens (tertiary/aromatic N) is 8. The standard InChI is InChI=1S/C99H138F3N11O23/c1-63-18-12-11-13-19-64(2)79(106-96(122)127-10)58-74-27-22-68(6)98(124,136-74)93(119)94(120)112-33-16-14-21-81(112)95(121)135-85(59-83(114)65(3)53-67(5)91(117)92(118)90(116)66(4)52-63)77(103)54-69-23-30-84(86(55-69)125-8)134-39-17-15-20-72-62-111(107-72)38-41-129-43-45-131-47-49-133-51-50-132-48-46-130-44-42-128-40-32-88(115)110-36-34-109(35-37-110)80-29-26-73(57-76(80)99(100,101)102)113-89-75-56-70(71-25-31-87(126-9)105-60-71)24-28-78(75)104-61-82(89)108(7)97(113)123/h11-13,18-19,24-26,28-29,31,53,56-57,60-63,65-66,68-69,74,77,79,81,84-86,91-92,107,117-118,124H,14-17,20-23,27,30,32-52,54-55,58-59,103H2,1-10H3,(H,106,122)/b13-11+,18-12+,64-19+,67-53+/t63-,65-,66-,68-,69+,74+,77-,79+,81+,84-,85+,86-,91-,92+,98-/m1/s1. The number of alkyl carbamates (subject to hydrolysis) is 1. The van der Waals surface area contributed by atoms with Crippen molar-refractivity contribution in [2.24, 2.45) is 42.4 Å². The third-order valence-electron chi connectivity index (χ3n) is 26.5. The molecule has 1 aliphatic carbocycles. The van der Waals surface area contributed by atoms with Gasteiger partial charge < -0.3 is 103 Å². The normalized spacial score (nSPS) is 26.3. The highest BCUT2D eigenvalue weighted by molar-refractivity contribution is 6.39. The van der Waals surface area contributed by atoms with E-state index in [9.17, 15) is 53.7 Å². The van der Waals surface area contributed by atoms with Crippen LogP contribution in [0.4, 0.5) is 23.7 Å². The first kappa shape index (κ1) is 107. The molecule has 748 valence electrons. The minimum absolute atomic E-state index is 0.0198. The molecule has 11 rings (SSSR count). The van der Waals surface area contributed by atoms with Crippen molar-refractivity contribution in [3.63, 3.8) is 0 Å². The Bertz CT molecular complexity index is 5110. The number of hydrogen-bond acceptors (Lipinski definition) is 27. The largest absolute Gasteiger partial charge is 0.481 e. The number of piperidine rings is 1. The number of pyridine rings is 2. The number of cyclic esters (lactones) is 1. The van der Waals surface area contributed by atoms with Crippen molar-refractivity contribution < 1.29 is 119 Å². The number of rotatable bonds is 36. The number of Topliss-reactive ketones (excluding diaryl/α,β-unsaturated/α-hetero) is 3. The minimum atomic E-state index is -4.77. The fraction of sp³-hybridized carbons (Fsp3) is 0.616. The molecule has 4 fully saturated rings. The van der Waals surface area contributed by atoms with Gasteiger partial charge in [0.15, 0.2) is 5.78 Å². The summed E-state index contributed by atoms with van der Waals surface area (Å²) in [4.78, 5) is 125. The number of halogens is 3. The summed E-state index contributed by atoms with van der Waals surface area (Å²) >= 11 is 0. The quantitative estimate of drug-likeness (QED) is 0.00921. The molecule has 136 heavy (non-hydrogen) atoms. The van der Waals surface area contributed by atoms with Crippen LogP contribution in [0.25, 0.3) is 38.8 Å². The molecule has 3 saturated heterocycles. The number of carbonyl (C=O) groups is 7. The fourth-order valence-corrected chi connectivity index (χ4v) is 18.4. The van der Waals surface area contributed by atoms with Crippen LogP contribution in [0.5, 0.6) is 5.88 Å². The Hall–Kier alpha value is -9.87. The Morgan fingerprint density at radius 2 is 1.40 bits per heavy atom. The third kappa shape index (κ3) is 29.1. The number of aromatic nitrogens is 6. The number of amides is 3. The molecule has 0 radical (unpaired) electrons. The number of aryl methyl sites for hydroxylation is 2. The van der Waals surface area contributed by atoms with E-state index in [0.29, 0.717) is 164 Å². The number of piperazine rings is 1. The minimum Gasteiger partial charge on any atom is -0.481 e. The molecule has 6 aromatic rings. The molecule has 15 atom stereocenters. The van der Waals surface area contributed by atoms with Gasteiger partial charge >= 0.3 is 23.9 Å². The van der Waals surface area contributed by atoms with Crippen LogP contribution in [-0.4, -0.2) is 296 Å². The first-order valence-electron chi connectivity index (χ1n) is 47.6. The molecule has 0 spiro atoms. The van der Waals surface area contributed by atoms with Gasteiger partial charge in [0.1, 0.15) is 30.1 Å². The van der Waals surface area contributed by atoms with Crippen LogP contribution >= 0.6 is 0 Å². The molecular formula is C99H138F3N11O23. The monoisotopic (exact) mass is 1910 g/mol. The van der Waals surface area contributed by atoms with E-state index in [4.69, 9.17) is 62.6 Å². The number of aliphatic hydroxyl groups excluding tert-OH is 2. The molecule has 5 aliphatic rings. The lowest BCUT2D eigenvalue weighted by Crippen LogP contribution is -2.61. The number of methoxy groups -OCH3 is 3. The lowest BCUT2D eigenvalue weighted by molar-refractivity contribution is -0.264. The molecule has 1 saturated carbocycles. The number of unbranched alkanes of at least 4 members (excludes halogenated alkanes) is 1. The molecule has 37 heteroatoms. The molecule has 4 aliphatic heterocycles. The second-order valence-corrected chi connectivity index (χ2v) is 36.3. The summed E-state index contributed by atoms with van der Waals surface area (Å²) in [6, 6.07) is 10.1. The molecule has 2 aromatic carbocycles. The molecule has 0 unspecified atom stereocenters. The van der Waals surface area contributed by atoms with Crippen LogP contribution < -0.4 is 26.4 Å². The Morgan fingerprint density at radius 1 is 0.721 bits per heavy atom. The zero-order valence-corrected chi connectivity index (χ0v) is 79.9. The molecule has 8 heterocycles.